The third-order valence-corrected chi connectivity index (χ3v) is 4.80. The van der Waals surface area contributed by atoms with Crippen molar-refractivity contribution in [3.63, 3.8) is 0 Å². The van der Waals surface area contributed by atoms with Crippen LogP contribution < -0.4 is 15.5 Å². The minimum Gasteiger partial charge on any atom is -0.502 e. The number of ketones is 1. The summed E-state index contributed by atoms with van der Waals surface area (Å²) >= 11 is 0. The molecule has 2 aromatic rings. The van der Waals surface area contributed by atoms with E-state index in [1.54, 1.807) is 26.2 Å². The number of methoxy groups -OCH3 is 1. The highest BCUT2D eigenvalue weighted by atomic mass is 16.6. The van der Waals surface area contributed by atoms with E-state index in [2.05, 4.69) is 10.2 Å². The molecule has 0 aliphatic carbocycles. The number of carbonyl (C=O) groups excluding carboxylic acids is 1. The molecule has 0 saturated carbocycles. The lowest BCUT2D eigenvalue weighted by atomic mass is 10.0. The van der Waals surface area contributed by atoms with Gasteiger partial charge in [0.15, 0.2) is 11.5 Å². The van der Waals surface area contributed by atoms with Crippen LogP contribution in [0.5, 0.6) is 11.5 Å². The summed E-state index contributed by atoms with van der Waals surface area (Å²) in [5.41, 5.74) is 4.38. The smallest absolute Gasteiger partial charge is 0.205 e. The van der Waals surface area contributed by atoms with Gasteiger partial charge in [-0.2, -0.15) is 5.48 Å². The first-order valence-electron chi connectivity index (χ1n) is 9.71. The molecule has 7 heteroatoms. The van der Waals surface area contributed by atoms with Crippen molar-refractivity contribution in [1.29, 1.82) is 0 Å². The van der Waals surface area contributed by atoms with Crippen molar-refractivity contribution in [3.05, 3.63) is 53.1 Å². The molecule has 0 atom stereocenters. The molecule has 2 rings (SSSR count). The zero-order valence-corrected chi connectivity index (χ0v) is 17.7. The summed E-state index contributed by atoms with van der Waals surface area (Å²) in [5.74, 6) is 1.01. The summed E-state index contributed by atoms with van der Waals surface area (Å²) in [5, 5.41) is 13.3. The Morgan fingerprint density at radius 3 is 2.52 bits per heavy atom. The molecule has 29 heavy (non-hydrogen) atoms. The van der Waals surface area contributed by atoms with Gasteiger partial charge < -0.3 is 15.2 Å². The largest absolute Gasteiger partial charge is 0.502 e. The zero-order valence-electron chi connectivity index (χ0n) is 17.7. The van der Waals surface area contributed by atoms with Gasteiger partial charge >= 0.3 is 0 Å². The lowest BCUT2D eigenvalue weighted by Crippen LogP contribution is -2.76. The Morgan fingerprint density at radius 1 is 1.17 bits per heavy atom. The number of ether oxygens (including phenoxy) is 1. The van der Waals surface area contributed by atoms with Gasteiger partial charge in [-0.15, -0.1) is 0 Å². The van der Waals surface area contributed by atoms with E-state index < -0.39 is 0 Å². The molecule has 158 valence electrons. The van der Waals surface area contributed by atoms with Crippen molar-refractivity contribution < 1.29 is 25.0 Å². The van der Waals surface area contributed by atoms with Crippen LogP contribution in [0.25, 0.3) is 0 Å². The van der Waals surface area contributed by atoms with Gasteiger partial charge in [0, 0.05) is 44.2 Å². The number of phenolic OH excluding ortho intramolecular Hbond substituents is 1. The number of quaternary nitrogens is 1. The normalized spacial score (nSPS) is 11.1. The molecule has 7 nitrogen and oxygen atoms in total. The monoisotopic (exact) mass is 402 g/mol. The lowest BCUT2D eigenvalue weighted by molar-refractivity contribution is -0.830. The summed E-state index contributed by atoms with van der Waals surface area (Å²) < 4.78 is 5.21. The van der Waals surface area contributed by atoms with Crippen LogP contribution in [0, 0.1) is 6.92 Å². The second-order valence-electron chi connectivity index (χ2n) is 6.99. The third-order valence-electron chi connectivity index (χ3n) is 4.80. The van der Waals surface area contributed by atoms with Crippen LogP contribution in [0.2, 0.25) is 0 Å². The van der Waals surface area contributed by atoms with Gasteiger partial charge in [0.25, 0.3) is 0 Å². The lowest BCUT2D eigenvalue weighted by Gasteiger charge is -2.22. The van der Waals surface area contributed by atoms with Crippen LogP contribution in [0.15, 0.2) is 36.4 Å². The van der Waals surface area contributed by atoms with Gasteiger partial charge in [-0.05, 0) is 43.3 Å². The molecule has 0 aromatic heterocycles. The Morgan fingerprint density at radius 2 is 1.90 bits per heavy atom. The average molecular weight is 403 g/mol. The highest BCUT2D eigenvalue weighted by Gasteiger charge is 2.16. The third kappa shape index (κ3) is 6.83. The Bertz CT molecular complexity index is 793. The maximum absolute atomic E-state index is 12.8. The number of nitrogens with one attached hydrogen (secondary N) is 1. The molecule has 0 amide bonds. The Balaban J connectivity index is 2.04. The number of likely N-dealkylation sites (N-methyl/N-ethyl adjacent to an activating group) is 1. The number of nitrogens with two attached hydrogens (primary N) is 1. The second kappa shape index (κ2) is 11.5. The fraction of sp³-hybridized carbons (Fsp3) is 0.409. The highest BCUT2D eigenvalue weighted by Crippen LogP contribution is 2.26. The van der Waals surface area contributed by atoms with Crippen LogP contribution in [0.1, 0.15) is 27.9 Å². The summed E-state index contributed by atoms with van der Waals surface area (Å²) in [6.45, 7) is 4.87. The van der Waals surface area contributed by atoms with Gasteiger partial charge in [0.05, 0.1) is 14.2 Å². The van der Waals surface area contributed by atoms with Gasteiger partial charge in [-0.3, -0.25) is 9.69 Å². The Labute approximate surface area is 172 Å². The van der Waals surface area contributed by atoms with E-state index in [-0.39, 0.29) is 11.5 Å². The minimum absolute atomic E-state index is 0.0445. The molecule has 0 radical (unpaired) electrons. The molecule has 0 fully saturated rings. The van der Waals surface area contributed by atoms with Crippen molar-refractivity contribution in [2.45, 2.75) is 19.9 Å². The molecule has 0 aliphatic heterocycles. The van der Waals surface area contributed by atoms with Gasteiger partial charge in [-0.1, -0.05) is 12.1 Å². The minimum atomic E-state index is 0.0445. The van der Waals surface area contributed by atoms with Crippen molar-refractivity contribution in [2.24, 2.45) is 0 Å². The summed E-state index contributed by atoms with van der Waals surface area (Å²) in [6, 6.07) is 11.4. The van der Waals surface area contributed by atoms with E-state index in [9.17, 15) is 9.90 Å². The number of nitrogens with zero attached hydrogens (tertiary/aromatic N) is 1. The number of rotatable bonds is 12. The first-order valence-corrected chi connectivity index (χ1v) is 9.71. The van der Waals surface area contributed by atoms with E-state index in [1.165, 1.54) is 18.2 Å². The maximum atomic E-state index is 12.8. The SMILES string of the molecule is CNCCN(CCC(=O)c1cc(C)c(O)c([NH2+]OC)c1)Cc1ccc(OC)cc1. The predicted octanol–water partition coefficient (Wildman–Crippen LogP) is 1.76. The molecular weight excluding hydrogens is 370 g/mol. The Kier molecular flexibility index (Phi) is 9.08. The number of aromatic hydroxyl groups is 1. The van der Waals surface area contributed by atoms with Gasteiger partial charge in [0.1, 0.15) is 5.75 Å². The Hall–Kier alpha value is -2.45. The molecule has 2 aromatic carbocycles. The number of Topliss-reactive ketones (excluding diaryl/α,β-unsaturated/α-hetero) is 1. The quantitative estimate of drug-likeness (QED) is 0.217. The van der Waals surface area contributed by atoms with Crippen LogP contribution in [-0.2, 0) is 11.4 Å². The number of hydrogen-bond donors (Lipinski definition) is 3. The number of hydrogen-bond acceptors (Lipinski definition) is 6. The number of phenols is 1. The molecule has 4 N–H and O–H groups in total. The van der Waals surface area contributed by atoms with E-state index >= 15 is 0 Å². The van der Waals surface area contributed by atoms with Crippen LogP contribution >= 0.6 is 0 Å². The number of benzene rings is 2. The zero-order chi connectivity index (χ0) is 21.2. The van der Waals surface area contributed by atoms with Crippen LogP contribution in [0.3, 0.4) is 0 Å². The molecule has 0 heterocycles. The van der Waals surface area contributed by atoms with E-state index in [4.69, 9.17) is 9.57 Å². The van der Waals surface area contributed by atoms with Crippen molar-refractivity contribution in [1.82, 2.24) is 10.2 Å². The topological polar surface area (TPSA) is 87.6 Å². The maximum Gasteiger partial charge on any atom is 0.205 e. The van der Waals surface area contributed by atoms with Crippen LogP contribution in [-0.4, -0.2) is 56.7 Å². The first kappa shape index (κ1) is 22.8. The first-order chi connectivity index (χ1) is 14.0. The summed E-state index contributed by atoms with van der Waals surface area (Å²) in [7, 11) is 5.09. The molecule has 0 unspecified atom stereocenters. The predicted molar refractivity (Wildman–Crippen MR) is 113 cm³/mol. The van der Waals surface area contributed by atoms with E-state index in [0.29, 0.717) is 29.8 Å². The van der Waals surface area contributed by atoms with Crippen molar-refractivity contribution in [2.75, 3.05) is 40.9 Å². The molecule has 0 spiro atoms. The van der Waals surface area contributed by atoms with Gasteiger partial charge in [-0.25, -0.2) is 4.84 Å². The highest BCUT2D eigenvalue weighted by molar-refractivity contribution is 5.97. The van der Waals surface area contributed by atoms with Crippen LogP contribution in [0.4, 0.5) is 5.69 Å². The summed E-state index contributed by atoms with van der Waals surface area (Å²) in [6.07, 6.45) is 0.399. The molecule has 0 aliphatic rings. The molecule has 0 saturated heterocycles. The summed E-state index contributed by atoms with van der Waals surface area (Å²) in [4.78, 5) is 20.0. The fourth-order valence-electron chi connectivity index (χ4n) is 3.12. The number of carbonyl (C=O) groups is 1. The molecule has 0 bridgehead atoms. The number of aryl methyl sites for hydroxylation is 1. The fourth-order valence-corrected chi connectivity index (χ4v) is 3.12. The van der Waals surface area contributed by atoms with Crippen molar-refractivity contribution in [3.8, 4) is 11.5 Å². The average Bonchev–Trinajstić information content (AvgIpc) is 2.73. The van der Waals surface area contributed by atoms with Crippen molar-refractivity contribution >= 4 is 11.5 Å². The standard InChI is InChI=1S/C22H31N3O4/c1-16-13-18(14-20(22(16)27)24-29-4)21(26)9-11-25(12-10-23-2)15-17-5-7-19(28-3)8-6-17/h5-8,13-14,23-24,27H,9-12,15H2,1-4H3/p+1. The van der Waals surface area contributed by atoms with E-state index in [0.717, 1.165) is 25.4 Å². The second-order valence-corrected chi connectivity index (χ2v) is 6.99. The van der Waals surface area contributed by atoms with Gasteiger partial charge in [0.2, 0.25) is 5.69 Å². The molecular formula is C22H32N3O4+. The van der Waals surface area contributed by atoms with E-state index in [1.807, 2.05) is 31.3 Å².